The third-order valence-electron chi connectivity index (χ3n) is 2.01. The van der Waals surface area contributed by atoms with Crippen LogP contribution in [0.15, 0.2) is 18.2 Å². The molecule has 0 aliphatic carbocycles. The fourth-order valence-electron chi connectivity index (χ4n) is 1.34. The number of rotatable bonds is 1. The Morgan fingerprint density at radius 2 is 2.15 bits per heavy atom. The topological polar surface area (TPSA) is 29.1 Å². The number of hydrogen-bond donors (Lipinski definition) is 1. The van der Waals surface area contributed by atoms with E-state index >= 15 is 0 Å². The maximum Gasteiger partial charge on any atom is 0.222 e. The van der Waals surface area contributed by atoms with E-state index in [9.17, 15) is 9.18 Å². The maximum absolute atomic E-state index is 12.8. The Hall–Kier alpha value is -1.09. The van der Waals surface area contributed by atoms with Crippen molar-refractivity contribution in [2.45, 2.75) is 12.5 Å². The molecule has 1 aliphatic rings. The van der Waals surface area contributed by atoms with Gasteiger partial charge < -0.3 is 5.32 Å². The van der Waals surface area contributed by atoms with Gasteiger partial charge in [-0.05, 0) is 23.8 Å². The highest BCUT2D eigenvalue weighted by Crippen LogP contribution is 2.26. The quantitative estimate of drug-likeness (QED) is 0.689. The van der Waals surface area contributed by atoms with E-state index in [4.69, 9.17) is 11.6 Å². The number of amides is 1. The van der Waals surface area contributed by atoms with Gasteiger partial charge in [0.05, 0.1) is 12.5 Å². The summed E-state index contributed by atoms with van der Waals surface area (Å²) in [6.45, 7) is 0. The predicted molar refractivity (Wildman–Crippen MR) is 46.9 cm³/mol. The van der Waals surface area contributed by atoms with Crippen LogP contribution >= 0.6 is 11.6 Å². The lowest BCUT2D eigenvalue weighted by Crippen LogP contribution is -2.41. The molecule has 1 amide bonds. The van der Waals surface area contributed by atoms with Gasteiger partial charge in [-0.3, -0.25) is 4.79 Å². The molecule has 1 fully saturated rings. The molecule has 0 spiro atoms. The molecular formula is C9H7ClFNO. The van der Waals surface area contributed by atoms with Gasteiger partial charge in [-0.1, -0.05) is 11.6 Å². The van der Waals surface area contributed by atoms with E-state index < -0.39 is 0 Å². The van der Waals surface area contributed by atoms with Crippen molar-refractivity contribution in [1.82, 2.24) is 5.32 Å². The third-order valence-corrected chi connectivity index (χ3v) is 2.23. The van der Waals surface area contributed by atoms with Gasteiger partial charge in [-0.2, -0.15) is 0 Å². The van der Waals surface area contributed by atoms with Gasteiger partial charge >= 0.3 is 0 Å². The molecule has 4 heteroatoms. The minimum Gasteiger partial charge on any atom is -0.349 e. The Labute approximate surface area is 79.7 Å². The van der Waals surface area contributed by atoms with E-state index in [1.54, 1.807) is 6.07 Å². The van der Waals surface area contributed by atoms with E-state index in [1.165, 1.54) is 12.1 Å². The van der Waals surface area contributed by atoms with Crippen molar-refractivity contribution < 1.29 is 9.18 Å². The first-order valence-electron chi connectivity index (χ1n) is 3.90. The summed E-state index contributed by atoms with van der Waals surface area (Å²) in [5.74, 6) is -0.381. The Balaban J connectivity index is 2.25. The molecule has 0 saturated carbocycles. The van der Waals surface area contributed by atoms with Crippen molar-refractivity contribution in [3.8, 4) is 0 Å². The number of β-lactam (4-membered cyclic amide) rings is 1. The highest BCUT2D eigenvalue weighted by atomic mass is 35.5. The average molecular weight is 200 g/mol. The molecule has 1 unspecified atom stereocenters. The van der Waals surface area contributed by atoms with Crippen molar-refractivity contribution in [3.05, 3.63) is 34.6 Å². The number of hydrogen-bond acceptors (Lipinski definition) is 1. The van der Waals surface area contributed by atoms with Crippen molar-refractivity contribution in [2.24, 2.45) is 0 Å². The van der Waals surface area contributed by atoms with E-state index in [2.05, 4.69) is 5.32 Å². The van der Waals surface area contributed by atoms with Crippen LogP contribution in [0.2, 0.25) is 5.02 Å². The monoisotopic (exact) mass is 199 g/mol. The lowest BCUT2D eigenvalue weighted by molar-refractivity contribution is -0.128. The summed E-state index contributed by atoms with van der Waals surface area (Å²) in [4.78, 5) is 10.6. The van der Waals surface area contributed by atoms with Gasteiger partial charge in [0, 0.05) is 5.02 Å². The second-order valence-corrected chi connectivity index (χ2v) is 3.46. The Kier molecular flexibility index (Phi) is 1.96. The predicted octanol–water partition coefficient (Wildman–Crippen LogP) is 2.04. The van der Waals surface area contributed by atoms with Crippen LogP contribution in [0.4, 0.5) is 4.39 Å². The molecule has 13 heavy (non-hydrogen) atoms. The molecule has 1 aliphatic heterocycles. The zero-order valence-corrected chi connectivity index (χ0v) is 7.44. The molecule has 1 saturated heterocycles. The molecular weight excluding hydrogens is 193 g/mol. The Morgan fingerprint density at radius 3 is 2.69 bits per heavy atom. The Bertz CT molecular complexity index is 338. The van der Waals surface area contributed by atoms with Crippen LogP contribution in [0.3, 0.4) is 0 Å². The molecule has 1 atom stereocenters. The summed E-state index contributed by atoms with van der Waals surface area (Å²) in [6, 6.07) is 4.22. The first-order chi connectivity index (χ1) is 6.15. The lowest BCUT2D eigenvalue weighted by Gasteiger charge is -2.27. The summed E-state index contributed by atoms with van der Waals surface area (Å²) >= 11 is 5.66. The summed E-state index contributed by atoms with van der Waals surface area (Å²) in [5, 5.41) is 3.01. The first-order valence-corrected chi connectivity index (χ1v) is 4.28. The number of benzene rings is 1. The molecule has 1 aromatic carbocycles. The second kappa shape index (κ2) is 3.00. The number of carbonyl (C=O) groups is 1. The molecule has 2 rings (SSSR count). The molecule has 0 radical (unpaired) electrons. The fraction of sp³-hybridized carbons (Fsp3) is 0.222. The zero-order valence-electron chi connectivity index (χ0n) is 6.68. The lowest BCUT2D eigenvalue weighted by atomic mass is 9.97. The number of halogens is 2. The second-order valence-electron chi connectivity index (χ2n) is 3.03. The SMILES string of the molecule is O=C1CC(c2cc(F)cc(Cl)c2)N1. The highest BCUT2D eigenvalue weighted by molar-refractivity contribution is 6.30. The van der Waals surface area contributed by atoms with Gasteiger partial charge in [0.15, 0.2) is 0 Å². The summed E-state index contributed by atoms with van der Waals surface area (Å²) < 4.78 is 12.8. The van der Waals surface area contributed by atoms with Crippen LogP contribution in [0, 0.1) is 5.82 Å². The molecule has 1 heterocycles. The van der Waals surface area contributed by atoms with Crippen LogP contribution in [-0.4, -0.2) is 5.91 Å². The average Bonchev–Trinajstić information content (AvgIpc) is 1.96. The first kappa shape index (κ1) is 8.51. The van der Waals surface area contributed by atoms with E-state index in [0.717, 1.165) is 5.56 Å². The molecule has 68 valence electrons. The van der Waals surface area contributed by atoms with Gasteiger partial charge in [-0.15, -0.1) is 0 Å². The molecule has 1 N–H and O–H groups in total. The van der Waals surface area contributed by atoms with Gasteiger partial charge in [0.25, 0.3) is 0 Å². The fourth-order valence-corrected chi connectivity index (χ4v) is 1.57. The van der Waals surface area contributed by atoms with Crippen LogP contribution in [0.1, 0.15) is 18.0 Å². The van der Waals surface area contributed by atoms with Gasteiger partial charge in [-0.25, -0.2) is 4.39 Å². The van der Waals surface area contributed by atoms with Crippen molar-refractivity contribution >= 4 is 17.5 Å². The molecule has 0 bridgehead atoms. The van der Waals surface area contributed by atoms with Gasteiger partial charge in [0.2, 0.25) is 5.91 Å². The maximum atomic E-state index is 12.8. The van der Waals surface area contributed by atoms with Crippen LogP contribution in [0.25, 0.3) is 0 Å². The van der Waals surface area contributed by atoms with Crippen LogP contribution in [0.5, 0.6) is 0 Å². The zero-order chi connectivity index (χ0) is 9.42. The minimum absolute atomic E-state index is 0.00890. The summed E-state index contributed by atoms with van der Waals surface area (Å²) in [5.41, 5.74) is 0.726. The highest BCUT2D eigenvalue weighted by Gasteiger charge is 2.27. The number of nitrogens with one attached hydrogen (secondary N) is 1. The molecule has 2 nitrogen and oxygen atoms in total. The summed E-state index contributed by atoms with van der Waals surface area (Å²) in [6.07, 6.45) is 0.416. The smallest absolute Gasteiger partial charge is 0.222 e. The standard InChI is InChI=1S/C9H7ClFNO/c10-6-1-5(2-7(11)3-6)8-4-9(13)12-8/h1-3,8H,4H2,(H,12,13). The van der Waals surface area contributed by atoms with Crippen molar-refractivity contribution in [2.75, 3.05) is 0 Å². The van der Waals surface area contributed by atoms with Crippen molar-refractivity contribution in [1.29, 1.82) is 0 Å². The number of carbonyl (C=O) groups excluding carboxylic acids is 1. The van der Waals surface area contributed by atoms with Crippen LogP contribution < -0.4 is 5.32 Å². The minimum atomic E-state index is -0.372. The third kappa shape index (κ3) is 1.65. The van der Waals surface area contributed by atoms with Gasteiger partial charge in [0.1, 0.15) is 5.82 Å². The largest absolute Gasteiger partial charge is 0.349 e. The van der Waals surface area contributed by atoms with E-state index in [0.29, 0.717) is 11.4 Å². The van der Waals surface area contributed by atoms with Crippen LogP contribution in [-0.2, 0) is 4.79 Å². The molecule has 0 aromatic heterocycles. The normalized spacial score (nSPS) is 20.8. The van der Waals surface area contributed by atoms with Crippen molar-refractivity contribution in [3.63, 3.8) is 0 Å². The molecule has 1 aromatic rings. The Morgan fingerprint density at radius 1 is 1.46 bits per heavy atom. The van der Waals surface area contributed by atoms with E-state index in [1.807, 2.05) is 0 Å². The summed E-state index contributed by atoms with van der Waals surface area (Å²) in [7, 11) is 0. The van der Waals surface area contributed by atoms with E-state index in [-0.39, 0.29) is 17.8 Å².